The molecule has 0 bridgehead atoms. The van der Waals surface area contributed by atoms with Crippen LogP contribution in [0.3, 0.4) is 0 Å². The lowest BCUT2D eigenvalue weighted by Crippen LogP contribution is -2.16. The van der Waals surface area contributed by atoms with Gasteiger partial charge in [0.15, 0.2) is 0 Å². The summed E-state index contributed by atoms with van der Waals surface area (Å²) in [6, 6.07) is 15.5. The average molecular weight is 296 g/mol. The lowest BCUT2D eigenvalue weighted by atomic mass is 10.1. The van der Waals surface area contributed by atoms with Crippen molar-refractivity contribution >= 4 is 21.8 Å². The van der Waals surface area contributed by atoms with Crippen molar-refractivity contribution in [2.24, 2.45) is 0 Å². The highest BCUT2D eigenvalue weighted by Gasteiger charge is 2.09. The van der Waals surface area contributed by atoms with E-state index in [0.29, 0.717) is 0 Å². The van der Waals surface area contributed by atoms with Crippen LogP contribution in [0, 0.1) is 0 Å². The van der Waals surface area contributed by atoms with Crippen molar-refractivity contribution in [1.29, 1.82) is 0 Å². The molecular weight excluding hydrogens is 272 g/mol. The molecule has 0 aliphatic heterocycles. The predicted octanol–water partition coefficient (Wildman–Crippen LogP) is 3.94. The molecule has 0 saturated heterocycles. The minimum atomic E-state index is 0.815. The Labute approximate surface area is 131 Å². The summed E-state index contributed by atoms with van der Waals surface area (Å²) in [5, 5.41) is 6.19. The van der Waals surface area contributed by atoms with Crippen LogP contribution in [0.5, 0.6) is 0 Å². The van der Waals surface area contributed by atoms with E-state index in [1.165, 1.54) is 27.4 Å². The van der Waals surface area contributed by atoms with Gasteiger partial charge in [0.1, 0.15) is 0 Å². The molecule has 0 saturated carbocycles. The van der Waals surface area contributed by atoms with Crippen LogP contribution in [0.2, 0.25) is 0 Å². The van der Waals surface area contributed by atoms with Gasteiger partial charge in [-0.25, -0.2) is 0 Å². The fourth-order valence-corrected chi connectivity index (χ4v) is 3.13. The summed E-state index contributed by atoms with van der Waals surface area (Å²) in [4.78, 5) is 0. The molecule has 116 valence electrons. The highest BCUT2D eigenvalue weighted by atomic mass is 16.5. The molecule has 0 aliphatic rings. The first-order valence-electron chi connectivity index (χ1n) is 8.04. The van der Waals surface area contributed by atoms with Gasteiger partial charge < -0.3 is 14.6 Å². The Morgan fingerprint density at radius 3 is 2.68 bits per heavy atom. The molecule has 3 heteroatoms. The lowest BCUT2D eigenvalue weighted by Gasteiger charge is -2.06. The monoisotopic (exact) mass is 296 g/mol. The molecule has 0 amide bonds. The third-order valence-corrected chi connectivity index (χ3v) is 4.18. The van der Waals surface area contributed by atoms with E-state index >= 15 is 0 Å². The Morgan fingerprint density at radius 2 is 1.86 bits per heavy atom. The second kappa shape index (κ2) is 6.95. The smallest absolute Gasteiger partial charge is 0.0491 e. The largest absolute Gasteiger partial charge is 0.385 e. The van der Waals surface area contributed by atoms with Gasteiger partial charge in [-0.3, -0.25) is 0 Å². The number of aryl methyl sites for hydroxylation is 1. The van der Waals surface area contributed by atoms with Crippen molar-refractivity contribution in [3.8, 4) is 0 Å². The number of hydrogen-bond acceptors (Lipinski definition) is 2. The Morgan fingerprint density at radius 1 is 1.05 bits per heavy atom. The van der Waals surface area contributed by atoms with Gasteiger partial charge in [0.25, 0.3) is 0 Å². The topological polar surface area (TPSA) is 26.2 Å². The maximum atomic E-state index is 5.07. The van der Waals surface area contributed by atoms with Gasteiger partial charge in [-0.15, -0.1) is 0 Å². The number of rotatable bonds is 7. The second-order valence-corrected chi connectivity index (χ2v) is 5.64. The third kappa shape index (κ3) is 2.87. The van der Waals surface area contributed by atoms with Crippen molar-refractivity contribution in [2.45, 2.75) is 26.4 Å². The molecule has 1 N–H and O–H groups in total. The Hall–Kier alpha value is -1.84. The summed E-state index contributed by atoms with van der Waals surface area (Å²) < 4.78 is 7.46. The first kappa shape index (κ1) is 15.1. The molecule has 0 spiro atoms. The number of hydrogen-bond donors (Lipinski definition) is 1. The molecule has 3 aromatic rings. The normalized spacial score (nSPS) is 11.5. The number of methoxy groups -OCH3 is 1. The van der Waals surface area contributed by atoms with Crippen LogP contribution < -0.4 is 5.32 Å². The van der Waals surface area contributed by atoms with Crippen LogP contribution in [0.1, 0.15) is 18.9 Å². The van der Waals surface area contributed by atoms with E-state index in [1.54, 1.807) is 7.11 Å². The maximum absolute atomic E-state index is 5.07. The zero-order chi connectivity index (χ0) is 15.4. The molecule has 0 aliphatic carbocycles. The minimum absolute atomic E-state index is 0.815. The average Bonchev–Trinajstić information content (AvgIpc) is 2.88. The number of ether oxygens (including phenoxy) is 1. The first-order valence-corrected chi connectivity index (χ1v) is 8.04. The van der Waals surface area contributed by atoms with Crippen molar-refractivity contribution in [2.75, 3.05) is 20.3 Å². The van der Waals surface area contributed by atoms with E-state index in [9.17, 15) is 0 Å². The predicted molar refractivity (Wildman–Crippen MR) is 93.3 cm³/mol. The van der Waals surface area contributed by atoms with Crippen LogP contribution >= 0.6 is 0 Å². The number of benzene rings is 2. The summed E-state index contributed by atoms with van der Waals surface area (Å²) in [6.07, 6.45) is 1.05. The van der Waals surface area contributed by atoms with Gasteiger partial charge in [-0.05, 0) is 43.7 Å². The minimum Gasteiger partial charge on any atom is -0.385 e. The molecule has 2 aromatic carbocycles. The third-order valence-electron chi connectivity index (χ3n) is 4.18. The Bertz CT molecular complexity index is 761. The molecule has 0 fully saturated rings. The number of fused-ring (bicyclic) bond motifs is 3. The van der Waals surface area contributed by atoms with Crippen LogP contribution in [0.4, 0.5) is 0 Å². The van der Waals surface area contributed by atoms with Crippen molar-refractivity contribution in [3.05, 3.63) is 48.0 Å². The summed E-state index contributed by atoms with van der Waals surface area (Å²) in [6.45, 7) is 5.92. The lowest BCUT2D eigenvalue weighted by molar-refractivity contribution is 0.194. The first-order chi connectivity index (χ1) is 10.8. The summed E-state index contributed by atoms with van der Waals surface area (Å²) >= 11 is 0. The number of para-hydroxylation sites is 1. The van der Waals surface area contributed by atoms with Crippen LogP contribution in [0.25, 0.3) is 21.8 Å². The Balaban J connectivity index is 1.88. The van der Waals surface area contributed by atoms with E-state index in [-0.39, 0.29) is 0 Å². The van der Waals surface area contributed by atoms with Gasteiger partial charge in [0.2, 0.25) is 0 Å². The van der Waals surface area contributed by atoms with E-state index in [2.05, 4.69) is 59.3 Å². The summed E-state index contributed by atoms with van der Waals surface area (Å²) in [5.74, 6) is 0. The molecule has 0 unspecified atom stereocenters. The number of nitrogens with one attached hydrogen (secondary N) is 1. The highest BCUT2D eigenvalue weighted by molar-refractivity contribution is 6.08. The van der Waals surface area contributed by atoms with Crippen molar-refractivity contribution in [1.82, 2.24) is 9.88 Å². The van der Waals surface area contributed by atoms with Crippen LogP contribution in [0.15, 0.2) is 42.5 Å². The number of aromatic nitrogens is 1. The van der Waals surface area contributed by atoms with Gasteiger partial charge in [-0.2, -0.15) is 0 Å². The fraction of sp³-hybridized carbons (Fsp3) is 0.368. The summed E-state index contributed by atoms with van der Waals surface area (Å²) in [5.41, 5.74) is 3.99. The molecule has 22 heavy (non-hydrogen) atoms. The molecule has 3 rings (SSSR count). The van der Waals surface area contributed by atoms with Crippen LogP contribution in [-0.4, -0.2) is 24.8 Å². The molecule has 1 heterocycles. The zero-order valence-electron chi connectivity index (χ0n) is 13.4. The van der Waals surface area contributed by atoms with Crippen molar-refractivity contribution < 1.29 is 4.74 Å². The quantitative estimate of drug-likeness (QED) is 0.668. The van der Waals surface area contributed by atoms with Crippen LogP contribution in [-0.2, 0) is 17.8 Å². The zero-order valence-corrected chi connectivity index (χ0v) is 13.4. The molecule has 3 nitrogen and oxygen atoms in total. The SMILES string of the molecule is CCn1c2ccccc2c2cc(CNCCCOC)ccc21. The van der Waals surface area contributed by atoms with E-state index in [1.807, 2.05) is 0 Å². The highest BCUT2D eigenvalue weighted by Crippen LogP contribution is 2.29. The molecule has 0 radical (unpaired) electrons. The molecule has 1 aromatic heterocycles. The fourth-order valence-electron chi connectivity index (χ4n) is 3.13. The number of nitrogens with zero attached hydrogens (tertiary/aromatic N) is 1. The maximum Gasteiger partial charge on any atom is 0.0491 e. The van der Waals surface area contributed by atoms with Gasteiger partial charge in [0, 0.05) is 48.6 Å². The van der Waals surface area contributed by atoms with Gasteiger partial charge >= 0.3 is 0 Å². The summed E-state index contributed by atoms with van der Waals surface area (Å²) in [7, 11) is 1.75. The Kier molecular flexibility index (Phi) is 4.76. The second-order valence-electron chi connectivity index (χ2n) is 5.64. The van der Waals surface area contributed by atoms with E-state index in [4.69, 9.17) is 4.74 Å². The molecule has 0 atom stereocenters. The molecular formula is C19H24N2O. The van der Waals surface area contributed by atoms with Crippen molar-refractivity contribution in [3.63, 3.8) is 0 Å². The standard InChI is InChI=1S/C19H24N2O/c1-3-21-18-8-5-4-7-16(18)17-13-15(9-10-19(17)21)14-20-11-6-12-22-2/h4-5,7-10,13,20H,3,6,11-12,14H2,1-2H3. The van der Waals surface area contributed by atoms with Gasteiger partial charge in [-0.1, -0.05) is 24.3 Å². The van der Waals surface area contributed by atoms with E-state index < -0.39 is 0 Å². The van der Waals surface area contributed by atoms with E-state index in [0.717, 1.165) is 32.7 Å². The van der Waals surface area contributed by atoms with Gasteiger partial charge in [0.05, 0.1) is 0 Å².